The number of thioether (sulfide) groups is 1. The quantitative estimate of drug-likeness (QED) is 0.837. The standard InChI is InChI=1S/C11H18N2OS/c1-11(2,15-4)8-13-10-6-5-9(14-3)7-12-10/h5-7H,8H2,1-4H3,(H,12,13). The smallest absolute Gasteiger partial charge is 0.137 e. The highest BCUT2D eigenvalue weighted by atomic mass is 32.2. The van der Waals surface area contributed by atoms with Crippen molar-refractivity contribution in [2.24, 2.45) is 0 Å². The van der Waals surface area contributed by atoms with Crippen LogP contribution < -0.4 is 10.1 Å². The number of pyridine rings is 1. The summed E-state index contributed by atoms with van der Waals surface area (Å²) in [5.74, 6) is 1.67. The number of hydrogen-bond donors (Lipinski definition) is 1. The lowest BCUT2D eigenvalue weighted by Crippen LogP contribution is -2.26. The Kier molecular flexibility index (Phi) is 4.27. The van der Waals surface area contributed by atoms with Gasteiger partial charge in [0.1, 0.15) is 11.6 Å². The molecule has 0 spiro atoms. The van der Waals surface area contributed by atoms with Crippen molar-refractivity contribution in [1.29, 1.82) is 0 Å². The van der Waals surface area contributed by atoms with Crippen LogP contribution in [0.15, 0.2) is 18.3 Å². The fourth-order valence-electron chi connectivity index (χ4n) is 0.981. The predicted octanol–water partition coefficient (Wildman–Crippen LogP) is 2.64. The molecule has 1 N–H and O–H groups in total. The van der Waals surface area contributed by atoms with Crippen molar-refractivity contribution < 1.29 is 4.74 Å². The summed E-state index contributed by atoms with van der Waals surface area (Å²) in [6.07, 6.45) is 3.83. The molecule has 0 aliphatic heterocycles. The highest BCUT2D eigenvalue weighted by molar-refractivity contribution is 7.99. The van der Waals surface area contributed by atoms with E-state index in [1.165, 1.54) is 0 Å². The Morgan fingerprint density at radius 1 is 1.47 bits per heavy atom. The van der Waals surface area contributed by atoms with Crippen molar-refractivity contribution in [1.82, 2.24) is 4.98 Å². The molecule has 0 fully saturated rings. The van der Waals surface area contributed by atoms with Gasteiger partial charge < -0.3 is 10.1 Å². The van der Waals surface area contributed by atoms with E-state index in [9.17, 15) is 0 Å². The van der Waals surface area contributed by atoms with Gasteiger partial charge >= 0.3 is 0 Å². The van der Waals surface area contributed by atoms with E-state index in [2.05, 4.69) is 30.4 Å². The van der Waals surface area contributed by atoms with E-state index in [1.54, 1.807) is 13.3 Å². The number of nitrogens with one attached hydrogen (secondary N) is 1. The van der Waals surface area contributed by atoms with Crippen molar-refractivity contribution in [3.05, 3.63) is 18.3 Å². The van der Waals surface area contributed by atoms with E-state index >= 15 is 0 Å². The fourth-order valence-corrected chi connectivity index (χ4v) is 1.20. The number of ether oxygens (including phenoxy) is 1. The lowest BCUT2D eigenvalue weighted by Gasteiger charge is -2.22. The summed E-state index contributed by atoms with van der Waals surface area (Å²) >= 11 is 1.84. The Bertz CT molecular complexity index is 298. The third-order valence-corrected chi connectivity index (χ3v) is 3.47. The zero-order chi connectivity index (χ0) is 11.3. The van der Waals surface area contributed by atoms with Gasteiger partial charge in [0.05, 0.1) is 13.3 Å². The molecular weight excluding hydrogens is 208 g/mol. The number of nitrogens with zero attached hydrogens (tertiary/aromatic N) is 1. The molecule has 1 aromatic rings. The maximum Gasteiger partial charge on any atom is 0.137 e. The molecule has 0 saturated carbocycles. The van der Waals surface area contributed by atoms with Crippen LogP contribution in [-0.2, 0) is 0 Å². The molecule has 84 valence electrons. The molecule has 0 radical (unpaired) electrons. The van der Waals surface area contributed by atoms with Gasteiger partial charge in [0.15, 0.2) is 0 Å². The monoisotopic (exact) mass is 226 g/mol. The second-order valence-corrected chi connectivity index (χ2v) is 5.41. The van der Waals surface area contributed by atoms with Gasteiger partial charge in [-0.25, -0.2) is 4.98 Å². The zero-order valence-corrected chi connectivity index (χ0v) is 10.5. The summed E-state index contributed by atoms with van der Waals surface area (Å²) in [4.78, 5) is 4.24. The van der Waals surface area contributed by atoms with Gasteiger partial charge in [0.2, 0.25) is 0 Å². The minimum Gasteiger partial charge on any atom is -0.495 e. The van der Waals surface area contributed by atoms with Crippen LogP contribution in [0.5, 0.6) is 5.75 Å². The number of rotatable bonds is 5. The van der Waals surface area contributed by atoms with E-state index in [0.29, 0.717) is 0 Å². The summed E-state index contributed by atoms with van der Waals surface area (Å²) < 4.78 is 5.27. The normalized spacial score (nSPS) is 11.2. The molecule has 1 heterocycles. The van der Waals surface area contributed by atoms with Crippen LogP contribution in [0, 0.1) is 0 Å². The Balaban J connectivity index is 2.51. The number of anilines is 1. The van der Waals surface area contributed by atoms with Gasteiger partial charge in [-0.15, -0.1) is 0 Å². The first-order chi connectivity index (χ1) is 7.07. The highest BCUT2D eigenvalue weighted by Gasteiger charge is 2.15. The molecule has 4 heteroatoms. The van der Waals surface area contributed by atoms with Crippen LogP contribution in [0.25, 0.3) is 0 Å². The maximum atomic E-state index is 5.04. The SMILES string of the molecule is COc1ccc(NCC(C)(C)SC)nc1. The lowest BCUT2D eigenvalue weighted by molar-refractivity contribution is 0.413. The van der Waals surface area contributed by atoms with Crippen molar-refractivity contribution in [2.45, 2.75) is 18.6 Å². The number of aromatic nitrogens is 1. The molecule has 15 heavy (non-hydrogen) atoms. The molecule has 0 atom stereocenters. The Morgan fingerprint density at radius 2 is 2.20 bits per heavy atom. The Labute approximate surface area is 95.6 Å². The highest BCUT2D eigenvalue weighted by Crippen LogP contribution is 2.21. The second kappa shape index (κ2) is 5.26. The number of methoxy groups -OCH3 is 1. The summed E-state index contributed by atoms with van der Waals surface area (Å²) in [6.45, 7) is 5.30. The van der Waals surface area contributed by atoms with E-state index in [0.717, 1.165) is 18.1 Å². The van der Waals surface area contributed by atoms with Crippen molar-refractivity contribution in [3.8, 4) is 5.75 Å². The topological polar surface area (TPSA) is 34.1 Å². The molecule has 0 amide bonds. The zero-order valence-electron chi connectivity index (χ0n) is 9.70. The van der Waals surface area contributed by atoms with E-state index < -0.39 is 0 Å². The minimum atomic E-state index is 0.224. The van der Waals surface area contributed by atoms with Crippen LogP contribution in [-0.4, -0.2) is 29.6 Å². The lowest BCUT2D eigenvalue weighted by atomic mass is 10.2. The summed E-state index contributed by atoms with van der Waals surface area (Å²) in [6, 6.07) is 3.83. The van der Waals surface area contributed by atoms with Gasteiger partial charge in [0, 0.05) is 11.3 Å². The largest absolute Gasteiger partial charge is 0.495 e. The first-order valence-electron chi connectivity index (χ1n) is 4.86. The summed E-state index contributed by atoms with van der Waals surface area (Å²) in [5.41, 5.74) is 0. The van der Waals surface area contributed by atoms with Crippen LogP contribution in [0.3, 0.4) is 0 Å². The van der Waals surface area contributed by atoms with Crippen molar-refractivity contribution >= 4 is 17.6 Å². The van der Waals surface area contributed by atoms with Gasteiger partial charge in [-0.05, 0) is 32.2 Å². The molecule has 0 unspecified atom stereocenters. The minimum absolute atomic E-state index is 0.224. The first kappa shape index (κ1) is 12.2. The van der Waals surface area contributed by atoms with Gasteiger partial charge in [-0.2, -0.15) is 11.8 Å². The molecule has 0 saturated heterocycles. The second-order valence-electron chi connectivity index (χ2n) is 3.90. The number of hydrogen-bond acceptors (Lipinski definition) is 4. The average Bonchev–Trinajstić information content (AvgIpc) is 2.27. The molecule has 0 bridgehead atoms. The maximum absolute atomic E-state index is 5.04. The van der Waals surface area contributed by atoms with E-state index in [4.69, 9.17) is 4.74 Å². The van der Waals surface area contributed by atoms with Crippen LogP contribution in [0.4, 0.5) is 5.82 Å². The molecular formula is C11H18N2OS. The molecule has 0 aromatic carbocycles. The average molecular weight is 226 g/mol. The first-order valence-corrected chi connectivity index (χ1v) is 6.09. The molecule has 1 rings (SSSR count). The van der Waals surface area contributed by atoms with Crippen molar-refractivity contribution in [3.63, 3.8) is 0 Å². The summed E-state index contributed by atoms with van der Waals surface area (Å²) in [7, 11) is 1.64. The predicted molar refractivity (Wildman–Crippen MR) is 66.9 cm³/mol. The van der Waals surface area contributed by atoms with Crippen LogP contribution in [0.2, 0.25) is 0 Å². The molecule has 0 aliphatic rings. The van der Waals surface area contributed by atoms with Gasteiger partial charge in [-0.1, -0.05) is 0 Å². The molecule has 0 aliphatic carbocycles. The third-order valence-electron chi connectivity index (χ3n) is 2.22. The van der Waals surface area contributed by atoms with Crippen LogP contribution >= 0.6 is 11.8 Å². The van der Waals surface area contributed by atoms with E-state index in [1.807, 2.05) is 23.9 Å². The fraction of sp³-hybridized carbons (Fsp3) is 0.545. The summed E-state index contributed by atoms with van der Waals surface area (Å²) in [5, 5.41) is 3.30. The van der Waals surface area contributed by atoms with Gasteiger partial charge in [0.25, 0.3) is 0 Å². The van der Waals surface area contributed by atoms with Crippen LogP contribution in [0.1, 0.15) is 13.8 Å². The van der Waals surface area contributed by atoms with Gasteiger partial charge in [-0.3, -0.25) is 0 Å². The Morgan fingerprint density at radius 3 is 2.67 bits per heavy atom. The third kappa shape index (κ3) is 4.00. The van der Waals surface area contributed by atoms with E-state index in [-0.39, 0.29) is 4.75 Å². The molecule has 1 aromatic heterocycles. The van der Waals surface area contributed by atoms with Crippen molar-refractivity contribution in [2.75, 3.05) is 25.2 Å². The molecule has 3 nitrogen and oxygen atoms in total. The Hall–Kier alpha value is -0.900.